The second-order valence-corrected chi connectivity index (χ2v) is 8.83. The monoisotopic (exact) mass is 418 g/mol. The van der Waals surface area contributed by atoms with E-state index in [9.17, 15) is 4.79 Å². The molecule has 5 rings (SSSR count). The number of rotatable bonds is 4. The van der Waals surface area contributed by atoms with Crippen LogP contribution in [0.1, 0.15) is 16.8 Å². The molecule has 29 heavy (non-hydrogen) atoms. The maximum absolute atomic E-state index is 13.4. The number of hydrogen-bond donors (Lipinski definition) is 0. The molecule has 0 unspecified atom stereocenters. The molecular weight excluding hydrogens is 400 g/mol. The molecule has 0 spiro atoms. The Labute approximate surface area is 175 Å². The first-order valence-corrected chi connectivity index (χ1v) is 11.1. The van der Waals surface area contributed by atoms with Crippen molar-refractivity contribution < 1.29 is 0 Å². The van der Waals surface area contributed by atoms with Crippen LogP contribution in [0.5, 0.6) is 0 Å². The summed E-state index contributed by atoms with van der Waals surface area (Å²) in [5.41, 5.74) is 4.71. The van der Waals surface area contributed by atoms with Gasteiger partial charge >= 0.3 is 0 Å². The molecule has 0 aliphatic heterocycles. The van der Waals surface area contributed by atoms with Crippen molar-refractivity contribution in [2.75, 3.05) is 0 Å². The van der Waals surface area contributed by atoms with Crippen molar-refractivity contribution in [3.63, 3.8) is 0 Å². The van der Waals surface area contributed by atoms with Crippen LogP contribution in [0, 0.1) is 13.8 Å². The highest BCUT2D eigenvalue weighted by atomic mass is 32.2. The number of benzene rings is 2. The lowest BCUT2D eigenvalue weighted by atomic mass is 10.1. The predicted molar refractivity (Wildman–Crippen MR) is 119 cm³/mol. The Hall–Kier alpha value is -2.90. The highest BCUT2D eigenvalue weighted by Crippen LogP contribution is 2.26. The summed E-state index contributed by atoms with van der Waals surface area (Å²) >= 11 is 3.14. The molecule has 7 heteroatoms. The molecule has 0 aliphatic carbocycles. The fourth-order valence-electron chi connectivity index (χ4n) is 3.50. The Kier molecular flexibility index (Phi) is 4.49. The number of thiazole rings is 1. The highest BCUT2D eigenvalue weighted by molar-refractivity contribution is 7.98. The third kappa shape index (κ3) is 3.36. The Morgan fingerprint density at radius 1 is 1.07 bits per heavy atom. The highest BCUT2D eigenvalue weighted by Gasteiger charge is 2.15. The van der Waals surface area contributed by atoms with Gasteiger partial charge in [-0.3, -0.25) is 13.8 Å². The summed E-state index contributed by atoms with van der Waals surface area (Å²) < 4.78 is 3.75. The average Bonchev–Trinajstić information content (AvgIpc) is 3.27. The molecule has 5 aromatic rings. The van der Waals surface area contributed by atoms with Gasteiger partial charge in [0.2, 0.25) is 0 Å². The first-order valence-electron chi connectivity index (χ1n) is 9.23. The van der Waals surface area contributed by atoms with E-state index in [1.165, 1.54) is 11.8 Å². The summed E-state index contributed by atoms with van der Waals surface area (Å²) in [6.07, 6.45) is 4.03. The van der Waals surface area contributed by atoms with Crippen molar-refractivity contribution in [1.29, 1.82) is 0 Å². The Balaban J connectivity index is 1.63. The van der Waals surface area contributed by atoms with E-state index >= 15 is 0 Å². The van der Waals surface area contributed by atoms with Gasteiger partial charge in [-0.2, -0.15) is 0 Å². The minimum atomic E-state index is -0.0473. The van der Waals surface area contributed by atoms with Crippen molar-refractivity contribution in [2.45, 2.75) is 24.8 Å². The van der Waals surface area contributed by atoms with E-state index in [1.54, 1.807) is 15.9 Å². The molecule has 0 bridgehead atoms. The second-order valence-electron chi connectivity index (χ2n) is 7.01. The van der Waals surface area contributed by atoms with E-state index in [0.717, 1.165) is 27.5 Å². The van der Waals surface area contributed by atoms with Crippen LogP contribution in [0.25, 0.3) is 21.6 Å². The number of hydrogen-bond acceptors (Lipinski definition) is 5. The maximum Gasteiger partial charge on any atom is 0.266 e. The molecule has 3 aromatic heterocycles. The molecule has 0 fully saturated rings. The van der Waals surface area contributed by atoms with Gasteiger partial charge in [-0.1, -0.05) is 30.0 Å². The van der Waals surface area contributed by atoms with Gasteiger partial charge in [0.05, 0.1) is 22.3 Å². The van der Waals surface area contributed by atoms with Crippen LogP contribution in [0.4, 0.5) is 0 Å². The van der Waals surface area contributed by atoms with Gasteiger partial charge in [-0.05, 0) is 49.2 Å². The molecule has 0 N–H and O–H groups in total. The standard InChI is InChI=1S/C22H18N4OS2/c1-14-9-15(2)11-17(10-14)26-20(27)18-5-3-4-6-19(18)24-22(26)29-13-16-12-25-7-8-28-21(25)23-16/h3-12H,13H2,1-2H3. The van der Waals surface area contributed by atoms with E-state index in [1.807, 2.05) is 72.4 Å². The van der Waals surface area contributed by atoms with Gasteiger partial charge in [0.25, 0.3) is 5.56 Å². The molecule has 144 valence electrons. The smallest absolute Gasteiger partial charge is 0.266 e. The second kappa shape index (κ2) is 7.17. The molecule has 3 heterocycles. The van der Waals surface area contributed by atoms with Gasteiger partial charge in [0.1, 0.15) is 0 Å². The van der Waals surface area contributed by atoms with E-state index in [-0.39, 0.29) is 5.56 Å². The van der Waals surface area contributed by atoms with Crippen molar-refractivity contribution in [1.82, 2.24) is 18.9 Å². The van der Waals surface area contributed by atoms with Crippen LogP contribution in [-0.2, 0) is 5.75 Å². The first kappa shape index (κ1) is 18.1. The first-order chi connectivity index (χ1) is 14.1. The lowest BCUT2D eigenvalue weighted by Crippen LogP contribution is -2.22. The molecule has 0 radical (unpaired) electrons. The zero-order valence-corrected chi connectivity index (χ0v) is 17.6. The van der Waals surface area contributed by atoms with Crippen LogP contribution in [0.15, 0.2) is 70.2 Å². The third-order valence-corrected chi connectivity index (χ3v) is 6.44. The molecule has 5 nitrogen and oxygen atoms in total. The van der Waals surface area contributed by atoms with Gasteiger partial charge in [0, 0.05) is 23.5 Å². The maximum atomic E-state index is 13.4. The normalized spacial score (nSPS) is 11.5. The molecule has 0 amide bonds. The largest absolute Gasteiger partial charge is 0.297 e. The van der Waals surface area contributed by atoms with E-state index in [2.05, 4.69) is 11.1 Å². The SMILES string of the molecule is Cc1cc(C)cc(-n2c(SCc3cn4ccsc4n3)nc3ccccc3c2=O)c1. The fourth-order valence-corrected chi connectivity index (χ4v) is 5.12. The quantitative estimate of drug-likeness (QED) is 0.304. The van der Waals surface area contributed by atoms with Gasteiger partial charge in [-0.25, -0.2) is 9.97 Å². The average molecular weight is 419 g/mol. The number of fused-ring (bicyclic) bond motifs is 2. The van der Waals surface area contributed by atoms with Gasteiger partial charge in [0.15, 0.2) is 10.1 Å². The number of thioether (sulfide) groups is 1. The molecule has 2 aromatic carbocycles. The van der Waals surface area contributed by atoms with Crippen molar-refractivity contribution in [2.24, 2.45) is 0 Å². The minimum absolute atomic E-state index is 0.0473. The van der Waals surface area contributed by atoms with Crippen molar-refractivity contribution in [3.05, 3.63) is 87.4 Å². The molecular formula is C22H18N4OS2. The zero-order chi connectivity index (χ0) is 20.0. The lowest BCUT2D eigenvalue weighted by Gasteiger charge is -2.14. The molecule has 0 atom stereocenters. The summed E-state index contributed by atoms with van der Waals surface area (Å²) in [6.45, 7) is 4.08. The summed E-state index contributed by atoms with van der Waals surface area (Å²) in [6, 6.07) is 13.7. The molecule has 0 aliphatic rings. The van der Waals surface area contributed by atoms with Crippen LogP contribution >= 0.6 is 23.1 Å². The van der Waals surface area contributed by atoms with Crippen LogP contribution in [-0.4, -0.2) is 18.9 Å². The summed E-state index contributed by atoms with van der Waals surface area (Å²) in [7, 11) is 0. The lowest BCUT2D eigenvalue weighted by molar-refractivity contribution is 0.817. The summed E-state index contributed by atoms with van der Waals surface area (Å²) in [5.74, 6) is 0.643. The third-order valence-electron chi connectivity index (χ3n) is 4.70. The topological polar surface area (TPSA) is 52.2 Å². The van der Waals surface area contributed by atoms with E-state index < -0.39 is 0 Å². The van der Waals surface area contributed by atoms with Crippen LogP contribution in [0.2, 0.25) is 0 Å². The molecule has 0 saturated carbocycles. The Morgan fingerprint density at radius 3 is 2.66 bits per heavy atom. The van der Waals surface area contributed by atoms with Crippen molar-refractivity contribution >= 4 is 39.0 Å². The molecule has 0 saturated heterocycles. The van der Waals surface area contributed by atoms with Gasteiger partial charge < -0.3 is 0 Å². The Morgan fingerprint density at radius 2 is 1.86 bits per heavy atom. The summed E-state index contributed by atoms with van der Waals surface area (Å²) in [5, 5.41) is 3.32. The minimum Gasteiger partial charge on any atom is -0.297 e. The van der Waals surface area contributed by atoms with Crippen LogP contribution < -0.4 is 5.56 Å². The predicted octanol–water partition coefficient (Wildman–Crippen LogP) is 5.00. The Bertz CT molecular complexity index is 1360. The van der Waals surface area contributed by atoms with Crippen LogP contribution in [0.3, 0.4) is 0 Å². The van der Waals surface area contributed by atoms with Crippen molar-refractivity contribution in [3.8, 4) is 5.69 Å². The number of aryl methyl sites for hydroxylation is 2. The fraction of sp³-hybridized carbons (Fsp3) is 0.136. The van der Waals surface area contributed by atoms with E-state index in [4.69, 9.17) is 4.98 Å². The van der Waals surface area contributed by atoms with E-state index in [0.29, 0.717) is 21.8 Å². The number of aromatic nitrogens is 4. The summed E-state index contributed by atoms with van der Waals surface area (Å²) in [4.78, 5) is 23.8. The zero-order valence-electron chi connectivity index (χ0n) is 16.0. The number of nitrogens with zero attached hydrogens (tertiary/aromatic N) is 4. The number of imidazole rings is 1. The number of para-hydroxylation sites is 1. The van der Waals surface area contributed by atoms with Gasteiger partial charge in [-0.15, -0.1) is 11.3 Å².